The molecule has 1 aliphatic rings. The molecule has 3 atom stereocenters. The van der Waals surface area contributed by atoms with Crippen LogP contribution >= 0.6 is 11.8 Å². The topological polar surface area (TPSA) is 54.9 Å². The van der Waals surface area contributed by atoms with Crippen molar-refractivity contribution in [1.82, 2.24) is 15.3 Å². The van der Waals surface area contributed by atoms with Gasteiger partial charge in [-0.25, -0.2) is 9.97 Å². The predicted molar refractivity (Wildman–Crippen MR) is 86.4 cm³/mol. The second-order valence-electron chi connectivity index (χ2n) is 6.03. The van der Waals surface area contributed by atoms with Crippen molar-refractivity contribution in [2.45, 2.75) is 69.7 Å². The van der Waals surface area contributed by atoms with Gasteiger partial charge >= 0.3 is 0 Å². The first-order valence-corrected chi connectivity index (χ1v) is 8.63. The van der Waals surface area contributed by atoms with Crippen molar-refractivity contribution in [2.75, 3.05) is 0 Å². The van der Waals surface area contributed by atoms with Crippen LogP contribution in [-0.4, -0.2) is 27.2 Å². The molecule has 1 N–H and O–H groups in total. The first-order chi connectivity index (χ1) is 9.95. The molecule has 0 aliphatic heterocycles. The molecule has 3 unspecified atom stereocenters. The molecule has 1 saturated carbocycles. The number of nitrogens with zero attached hydrogens (tertiary/aromatic N) is 2. The Kier molecular flexibility index (Phi) is 5.62. The maximum absolute atomic E-state index is 12.4. The fraction of sp³-hybridized carbons (Fsp3) is 0.688. The second kappa shape index (κ2) is 7.25. The third kappa shape index (κ3) is 4.70. The normalized spacial score (nSPS) is 23.6. The highest BCUT2D eigenvalue weighted by Crippen LogP contribution is 2.26. The van der Waals surface area contributed by atoms with E-state index in [1.807, 2.05) is 26.8 Å². The van der Waals surface area contributed by atoms with E-state index in [4.69, 9.17) is 0 Å². The molecule has 0 radical (unpaired) electrons. The van der Waals surface area contributed by atoms with Gasteiger partial charge in [0.15, 0.2) is 0 Å². The molecular formula is C16H25N3OS. The minimum Gasteiger partial charge on any atom is -0.352 e. The number of nitrogens with one attached hydrogen (secondary N) is 1. The number of thioether (sulfide) groups is 1. The number of aryl methyl sites for hydroxylation is 2. The molecule has 0 bridgehead atoms. The Morgan fingerprint density at radius 2 is 2.05 bits per heavy atom. The van der Waals surface area contributed by atoms with Gasteiger partial charge < -0.3 is 5.32 Å². The fourth-order valence-electron chi connectivity index (χ4n) is 2.81. The summed E-state index contributed by atoms with van der Waals surface area (Å²) in [6, 6.07) is 2.27. The average molecular weight is 307 g/mol. The lowest BCUT2D eigenvalue weighted by molar-refractivity contribution is -0.121. The Labute approximate surface area is 131 Å². The van der Waals surface area contributed by atoms with Gasteiger partial charge in [-0.3, -0.25) is 4.79 Å². The van der Waals surface area contributed by atoms with Crippen LogP contribution < -0.4 is 5.32 Å². The molecule has 5 heteroatoms. The van der Waals surface area contributed by atoms with Gasteiger partial charge in [0.2, 0.25) is 5.91 Å². The number of hydrogen-bond donors (Lipinski definition) is 1. The number of rotatable bonds is 4. The number of amides is 1. The van der Waals surface area contributed by atoms with E-state index in [9.17, 15) is 4.79 Å². The highest BCUT2D eigenvalue weighted by molar-refractivity contribution is 8.00. The van der Waals surface area contributed by atoms with Gasteiger partial charge in [0.05, 0.1) is 5.25 Å². The van der Waals surface area contributed by atoms with Crippen LogP contribution in [0.4, 0.5) is 0 Å². The summed E-state index contributed by atoms with van der Waals surface area (Å²) in [5.74, 6) is 1.46. The molecule has 1 amide bonds. The van der Waals surface area contributed by atoms with Crippen molar-refractivity contribution in [3.05, 3.63) is 17.6 Å². The second-order valence-corrected chi connectivity index (χ2v) is 7.39. The highest BCUT2D eigenvalue weighted by atomic mass is 32.2. The van der Waals surface area contributed by atoms with Gasteiger partial charge in [-0.2, -0.15) is 0 Å². The van der Waals surface area contributed by atoms with Gasteiger partial charge in [0.25, 0.3) is 0 Å². The van der Waals surface area contributed by atoms with E-state index < -0.39 is 0 Å². The molecule has 1 aliphatic carbocycles. The minimum absolute atomic E-state index is 0.118. The molecule has 1 aromatic heterocycles. The van der Waals surface area contributed by atoms with Crippen LogP contribution in [0, 0.1) is 19.8 Å². The lowest BCUT2D eigenvalue weighted by Crippen LogP contribution is -2.44. The van der Waals surface area contributed by atoms with E-state index in [0.29, 0.717) is 12.0 Å². The zero-order valence-corrected chi connectivity index (χ0v) is 14.2. The molecule has 1 fully saturated rings. The lowest BCUT2D eigenvalue weighted by Gasteiger charge is -2.30. The summed E-state index contributed by atoms with van der Waals surface area (Å²) in [4.78, 5) is 21.0. The zero-order valence-electron chi connectivity index (χ0n) is 13.3. The van der Waals surface area contributed by atoms with Gasteiger partial charge in [-0.05, 0) is 45.6 Å². The summed E-state index contributed by atoms with van der Waals surface area (Å²) in [7, 11) is 0. The molecule has 1 aromatic rings. The van der Waals surface area contributed by atoms with Crippen molar-refractivity contribution in [3.8, 4) is 0 Å². The summed E-state index contributed by atoms with van der Waals surface area (Å²) >= 11 is 1.51. The van der Waals surface area contributed by atoms with E-state index >= 15 is 0 Å². The van der Waals surface area contributed by atoms with Crippen LogP contribution in [-0.2, 0) is 4.79 Å². The quantitative estimate of drug-likeness (QED) is 0.685. The summed E-state index contributed by atoms with van der Waals surface area (Å²) in [5, 5.41) is 3.96. The van der Waals surface area contributed by atoms with Gasteiger partial charge in [-0.1, -0.05) is 31.5 Å². The maximum Gasteiger partial charge on any atom is 0.233 e. The Bertz CT molecular complexity index is 486. The van der Waals surface area contributed by atoms with Crippen LogP contribution in [0.5, 0.6) is 0 Å². The predicted octanol–water partition coefficient (Wildman–Crippen LogP) is 3.27. The molecule has 0 spiro atoms. The highest BCUT2D eigenvalue weighted by Gasteiger charge is 2.25. The van der Waals surface area contributed by atoms with E-state index in [1.54, 1.807) is 0 Å². The first kappa shape index (κ1) is 16.3. The Morgan fingerprint density at radius 3 is 2.71 bits per heavy atom. The summed E-state index contributed by atoms with van der Waals surface area (Å²) in [5.41, 5.74) is 0.943. The fourth-order valence-corrected chi connectivity index (χ4v) is 3.77. The standard InChI is InChI=1S/C16H25N3OS/c1-10-7-5-6-8-14(10)19-16(20)12(3)21-15-9-11(2)17-13(4)18-15/h9-10,12,14H,5-8H2,1-4H3,(H,19,20). The van der Waals surface area contributed by atoms with Gasteiger partial charge in [-0.15, -0.1) is 0 Å². The van der Waals surface area contributed by atoms with E-state index in [-0.39, 0.29) is 11.2 Å². The number of hydrogen-bond acceptors (Lipinski definition) is 4. The van der Waals surface area contributed by atoms with Crippen LogP contribution in [0.15, 0.2) is 11.1 Å². The van der Waals surface area contributed by atoms with E-state index in [2.05, 4.69) is 22.2 Å². The molecule has 0 saturated heterocycles. The molecule has 116 valence electrons. The average Bonchev–Trinajstić information content (AvgIpc) is 2.40. The smallest absolute Gasteiger partial charge is 0.233 e. The first-order valence-electron chi connectivity index (χ1n) is 7.75. The largest absolute Gasteiger partial charge is 0.352 e. The lowest BCUT2D eigenvalue weighted by atomic mass is 9.86. The minimum atomic E-state index is -0.132. The monoisotopic (exact) mass is 307 g/mol. The Hall–Kier alpha value is -1.10. The third-order valence-electron chi connectivity index (χ3n) is 4.05. The molecule has 21 heavy (non-hydrogen) atoms. The third-order valence-corrected chi connectivity index (χ3v) is 5.07. The van der Waals surface area contributed by atoms with Crippen molar-refractivity contribution < 1.29 is 4.79 Å². The number of aromatic nitrogens is 2. The van der Waals surface area contributed by atoms with Gasteiger partial charge in [0.1, 0.15) is 10.9 Å². The number of carbonyl (C=O) groups is 1. The van der Waals surface area contributed by atoms with E-state index in [1.165, 1.54) is 31.0 Å². The summed E-state index contributed by atoms with van der Waals surface area (Å²) < 4.78 is 0. The molecule has 1 heterocycles. The SMILES string of the molecule is Cc1cc(SC(C)C(=O)NC2CCCCC2C)nc(C)n1. The maximum atomic E-state index is 12.4. The molecular weight excluding hydrogens is 282 g/mol. The van der Waals surface area contributed by atoms with Crippen LogP contribution in [0.2, 0.25) is 0 Å². The molecule has 0 aromatic carbocycles. The van der Waals surface area contributed by atoms with Gasteiger partial charge in [0, 0.05) is 11.7 Å². The van der Waals surface area contributed by atoms with Crippen LogP contribution in [0.25, 0.3) is 0 Å². The Balaban J connectivity index is 1.92. The van der Waals surface area contributed by atoms with Crippen molar-refractivity contribution in [2.24, 2.45) is 5.92 Å². The Morgan fingerprint density at radius 1 is 1.33 bits per heavy atom. The van der Waals surface area contributed by atoms with Crippen LogP contribution in [0.1, 0.15) is 51.0 Å². The van der Waals surface area contributed by atoms with E-state index in [0.717, 1.165) is 23.0 Å². The molecule has 2 rings (SSSR count). The van der Waals surface area contributed by atoms with Crippen molar-refractivity contribution in [1.29, 1.82) is 0 Å². The summed E-state index contributed by atoms with van der Waals surface area (Å²) in [6.45, 7) is 8.01. The zero-order chi connectivity index (χ0) is 15.4. The summed E-state index contributed by atoms with van der Waals surface area (Å²) in [6.07, 6.45) is 4.84. The molecule has 4 nitrogen and oxygen atoms in total. The van der Waals surface area contributed by atoms with Crippen molar-refractivity contribution >= 4 is 17.7 Å². The van der Waals surface area contributed by atoms with Crippen molar-refractivity contribution in [3.63, 3.8) is 0 Å². The number of carbonyl (C=O) groups excluding carboxylic acids is 1. The van der Waals surface area contributed by atoms with Crippen LogP contribution in [0.3, 0.4) is 0 Å².